The van der Waals surface area contributed by atoms with Crippen molar-refractivity contribution < 1.29 is 9.53 Å². The molecule has 0 atom stereocenters. The maximum Gasteiger partial charge on any atom is 0.142 e. The molecule has 2 aromatic carbocycles. The van der Waals surface area contributed by atoms with Crippen LogP contribution in [0.15, 0.2) is 59.1 Å². The smallest absolute Gasteiger partial charge is 0.142 e. The number of allylic oxidation sites excluding steroid dienone is 1. The van der Waals surface area contributed by atoms with Crippen molar-refractivity contribution >= 4 is 28.3 Å². The first-order chi connectivity index (χ1) is 8.78. The topological polar surface area (TPSA) is 26.3 Å². The lowest BCUT2D eigenvalue weighted by atomic mass is 10.2. The minimum absolute atomic E-state index is 0.741. The normalized spacial score (nSPS) is 10.5. The van der Waals surface area contributed by atoms with Gasteiger partial charge < -0.3 is 4.74 Å². The standard InChI is InChI=1S/C15H11BrO2/c16-13-6-8-14(9-7-13)18-15-5-1-3-12(11-15)4-2-10-17/h1-11H/b4-2+. The van der Waals surface area contributed by atoms with E-state index in [1.165, 1.54) is 6.08 Å². The van der Waals surface area contributed by atoms with Gasteiger partial charge in [-0.25, -0.2) is 0 Å². The Kier molecular flexibility index (Phi) is 4.31. The van der Waals surface area contributed by atoms with Crippen molar-refractivity contribution in [3.63, 3.8) is 0 Å². The predicted molar refractivity (Wildman–Crippen MR) is 75.8 cm³/mol. The van der Waals surface area contributed by atoms with E-state index in [-0.39, 0.29) is 0 Å². The zero-order chi connectivity index (χ0) is 12.8. The number of carbonyl (C=O) groups excluding carboxylic acids is 1. The summed E-state index contributed by atoms with van der Waals surface area (Å²) >= 11 is 3.37. The second-order valence-corrected chi connectivity index (χ2v) is 4.54. The molecule has 0 heterocycles. The molecule has 0 saturated carbocycles. The summed E-state index contributed by atoms with van der Waals surface area (Å²) in [5, 5.41) is 0. The first-order valence-electron chi connectivity index (χ1n) is 5.43. The van der Waals surface area contributed by atoms with E-state index in [9.17, 15) is 4.79 Å². The van der Waals surface area contributed by atoms with Crippen molar-refractivity contribution in [3.05, 3.63) is 64.6 Å². The fourth-order valence-corrected chi connectivity index (χ4v) is 1.74. The van der Waals surface area contributed by atoms with E-state index in [2.05, 4.69) is 15.9 Å². The lowest BCUT2D eigenvalue weighted by molar-refractivity contribution is -0.104. The average molecular weight is 303 g/mol. The Hall–Kier alpha value is -1.87. The molecule has 2 nitrogen and oxygen atoms in total. The first kappa shape index (κ1) is 12.6. The van der Waals surface area contributed by atoms with Crippen molar-refractivity contribution in [3.8, 4) is 11.5 Å². The van der Waals surface area contributed by atoms with Crippen molar-refractivity contribution in [1.29, 1.82) is 0 Å². The number of hydrogen-bond donors (Lipinski definition) is 0. The van der Waals surface area contributed by atoms with Crippen LogP contribution in [0.5, 0.6) is 11.5 Å². The van der Waals surface area contributed by atoms with E-state index in [0.29, 0.717) is 0 Å². The molecule has 0 aliphatic heterocycles. The fourth-order valence-electron chi connectivity index (χ4n) is 1.47. The number of carbonyl (C=O) groups is 1. The molecule has 0 unspecified atom stereocenters. The van der Waals surface area contributed by atoms with Crippen molar-refractivity contribution in [2.24, 2.45) is 0 Å². The molecule has 0 aliphatic rings. The third-order valence-corrected chi connectivity index (χ3v) is 2.80. The molecule has 2 rings (SSSR count). The van der Waals surface area contributed by atoms with Crippen LogP contribution in [0.3, 0.4) is 0 Å². The van der Waals surface area contributed by atoms with Gasteiger partial charge in [-0.3, -0.25) is 4.79 Å². The highest BCUT2D eigenvalue weighted by Crippen LogP contribution is 2.24. The Morgan fingerprint density at radius 2 is 1.78 bits per heavy atom. The van der Waals surface area contributed by atoms with E-state index >= 15 is 0 Å². The van der Waals surface area contributed by atoms with Gasteiger partial charge in [-0.1, -0.05) is 34.1 Å². The highest BCUT2D eigenvalue weighted by Gasteiger charge is 1.97. The lowest BCUT2D eigenvalue weighted by Gasteiger charge is -2.06. The van der Waals surface area contributed by atoms with Crippen molar-refractivity contribution in [2.45, 2.75) is 0 Å². The molecule has 0 amide bonds. The monoisotopic (exact) mass is 302 g/mol. The number of rotatable bonds is 4. The quantitative estimate of drug-likeness (QED) is 0.616. The summed E-state index contributed by atoms with van der Waals surface area (Å²) in [7, 11) is 0. The van der Waals surface area contributed by atoms with Crippen LogP contribution in [0, 0.1) is 0 Å². The summed E-state index contributed by atoms with van der Waals surface area (Å²) in [6, 6.07) is 15.2. The molecule has 0 bridgehead atoms. The maximum absolute atomic E-state index is 10.3. The van der Waals surface area contributed by atoms with Crippen LogP contribution in [0.1, 0.15) is 5.56 Å². The van der Waals surface area contributed by atoms with Crippen molar-refractivity contribution in [1.82, 2.24) is 0 Å². The van der Waals surface area contributed by atoms with E-state index in [1.807, 2.05) is 48.5 Å². The first-order valence-corrected chi connectivity index (χ1v) is 6.22. The summed E-state index contributed by atoms with van der Waals surface area (Å²) in [5.41, 5.74) is 0.928. The summed E-state index contributed by atoms with van der Waals surface area (Å²) < 4.78 is 6.72. The molecule has 0 fully saturated rings. The number of hydrogen-bond acceptors (Lipinski definition) is 2. The number of ether oxygens (including phenoxy) is 1. The molecule has 90 valence electrons. The van der Waals surface area contributed by atoms with Gasteiger partial charge >= 0.3 is 0 Å². The van der Waals surface area contributed by atoms with E-state index in [0.717, 1.165) is 27.8 Å². The van der Waals surface area contributed by atoms with Crippen LogP contribution in [-0.2, 0) is 4.79 Å². The van der Waals surface area contributed by atoms with Gasteiger partial charge in [-0.05, 0) is 48.0 Å². The lowest BCUT2D eigenvalue weighted by Crippen LogP contribution is -1.84. The SMILES string of the molecule is O=C/C=C/c1cccc(Oc2ccc(Br)cc2)c1. The molecule has 18 heavy (non-hydrogen) atoms. The Labute approximate surface area is 114 Å². The summed E-state index contributed by atoms with van der Waals surface area (Å²) in [6.45, 7) is 0. The van der Waals surface area contributed by atoms with Gasteiger partial charge in [0.25, 0.3) is 0 Å². The Morgan fingerprint density at radius 1 is 1.00 bits per heavy atom. The molecule has 0 aliphatic carbocycles. The van der Waals surface area contributed by atoms with Crippen LogP contribution in [0.25, 0.3) is 6.08 Å². The highest BCUT2D eigenvalue weighted by atomic mass is 79.9. The largest absolute Gasteiger partial charge is 0.457 e. The molecular formula is C15H11BrO2. The maximum atomic E-state index is 10.3. The molecule has 2 aromatic rings. The highest BCUT2D eigenvalue weighted by molar-refractivity contribution is 9.10. The van der Waals surface area contributed by atoms with Gasteiger partial charge in [0.2, 0.25) is 0 Å². The molecule has 0 spiro atoms. The summed E-state index contributed by atoms with van der Waals surface area (Å²) in [6.07, 6.45) is 3.95. The Morgan fingerprint density at radius 3 is 2.50 bits per heavy atom. The second-order valence-electron chi connectivity index (χ2n) is 3.62. The fraction of sp³-hybridized carbons (Fsp3) is 0. The molecule has 3 heteroatoms. The predicted octanol–water partition coefficient (Wildman–Crippen LogP) is 4.45. The average Bonchev–Trinajstić information content (AvgIpc) is 2.40. The second kappa shape index (κ2) is 6.17. The minimum Gasteiger partial charge on any atom is -0.457 e. The van der Waals surface area contributed by atoms with Gasteiger partial charge in [0.1, 0.15) is 17.8 Å². The minimum atomic E-state index is 0.741. The molecule has 0 radical (unpaired) electrons. The van der Waals surface area contributed by atoms with Crippen LogP contribution >= 0.6 is 15.9 Å². The van der Waals surface area contributed by atoms with Crippen LogP contribution in [0.2, 0.25) is 0 Å². The van der Waals surface area contributed by atoms with Gasteiger partial charge in [0.05, 0.1) is 0 Å². The molecule has 0 aromatic heterocycles. The molecule has 0 saturated heterocycles. The summed E-state index contributed by atoms with van der Waals surface area (Å²) in [5.74, 6) is 1.51. The van der Waals surface area contributed by atoms with E-state index < -0.39 is 0 Å². The zero-order valence-electron chi connectivity index (χ0n) is 9.55. The summed E-state index contributed by atoms with van der Waals surface area (Å²) in [4.78, 5) is 10.3. The third kappa shape index (κ3) is 3.57. The Bertz CT molecular complexity index is 559. The molecule has 0 N–H and O–H groups in total. The van der Waals surface area contributed by atoms with Gasteiger partial charge in [-0.15, -0.1) is 0 Å². The molecular weight excluding hydrogens is 292 g/mol. The number of benzene rings is 2. The zero-order valence-corrected chi connectivity index (χ0v) is 11.1. The number of aldehydes is 1. The Balaban J connectivity index is 2.16. The van der Waals surface area contributed by atoms with Gasteiger partial charge in [0, 0.05) is 4.47 Å². The van der Waals surface area contributed by atoms with Crippen LogP contribution in [0.4, 0.5) is 0 Å². The van der Waals surface area contributed by atoms with E-state index in [1.54, 1.807) is 6.08 Å². The number of halogens is 1. The van der Waals surface area contributed by atoms with Crippen LogP contribution in [-0.4, -0.2) is 6.29 Å². The third-order valence-electron chi connectivity index (χ3n) is 2.27. The van der Waals surface area contributed by atoms with Gasteiger partial charge in [-0.2, -0.15) is 0 Å². The van der Waals surface area contributed by atoms with Crippen molar-refractivity contribution in [2.75, 3.05) is 0 Å². The van der Waals surface area contributed by atoms with Crippen LogP contribution < -0.4 is 4.74 Å². The van der Waals surface area contributed by atoms with Gasteiger partial charge in [0.15, 0.2) is 0 Å². The van der Waals surface area contributed by atoms with E-state index in [4.69, 9.17) is 4.74 Å².